The summed E-state index contributed by atoms with van der Waals surface area (Å²) in [5.74, 6) is -0.465. The Labute approximate surface area is 81.4 Å². The first-order valence-corrected chi connectivity index (χ1v) is 4.63. The second-order valence-electron chi connectivity index (χ2n) is 3.99. The quantitative estimate of drug-likeness (QED) is 0.519. The van der Waals surface area contributed by atoms with Gasteiger partial charge in [-0.25, -0.2) is 0 Å². The number of amides is 3. The number of imide groups is 1. The minimum atomic E-state index is -0.639. The normalized spacial score (nSPS) is 32.6. The number of likely N-dealkylation sites (tertiary alicyclic amines) is 1. The number of hydrogen-bond donors (Lipinski definition) is 1. The molecule has 3 amide bonds. The van der Waals surface area contributed by atoms with Crippen LogP contribution in [0.1, 0.15) is 19.3 Å². The number of nitrogens with zero attached hydrogens (tertiary/aromatic N) is 1. The molecule has 5 heteroatoms. The Morgan fingerprint density at radius 2 is 2.07 bits per heavy atom. The third-order valence-electron chi connectivity index (χ3n) is 3.07. The fraction of sp³-hybridized carbons (Fsp3) is 0.667. The van der Waals surface area contributed by atoms with Gasteiger partial charge in [-0.2, -0.15) is 0 Å². The van der Waals surface area contributed by atoms with E-state index < -0.39 is 5.41 Å². The Morgan fingerprint density at radius 3 is 2.64 bits per heavy atom. The lowest BCUT2D eigenvalue weighted by Crippen LogP contribution is -2.50. The molecule has 0 aromatic rings. The summed E-state index contributed by atoms with van der Waals surface area (Å²) in [7, 11) is 1.48. The number of piperidine rings is 1. The maximum Gasteiger partial charge on any atom is 0.237 e. The fourth-order valence-corrected chi connectivity index (χ4v) is 2.12. The first-order valence-electron chi connectivity index (χ1n) is 4.63. The van der Waals surface area contributed by atoms with Gasteiger partial charge in [0.1, 0.15) is 0 Å². The molecule has 0 unspecified atom stereocenters. The number of nitrogens with one attached hydrogen (secondary N) is 1. The van der Waals surface area contributed by atoms with Crippen molar-refractivity contribution in [3.63, 3.8) is 0 Å². The molecule has 0 radical (unpaired) electrons. The maximum absolute atomic E-state index is 11.8. The summed E-state index contributed by atoms with van der Waals surface area (Å²) in [6.45, 7) is 0.377. The number of carbonyl (C=O) groups excluding carboxylic acids is 3. The standard InChI is InChI=1S/C9H12N2O3/c1-11-7(13)2-3-9(8(11)14)4-6(12)10-5-9/h2-5H2,1H3,(H,10,12)/t9-/m1/s1. The number of rotatable bonds is 0. The SMILES string of the molecule is CN1C(=O)CC[C@@]2(CNC(=O)C2)C1=O. The summed E-state index contributed by atoms with van der Waals surface area (Å²) in [6, 6.07) is 0. The van der Waals surface area contributed by atoms with Crippen LogP contribution in [-0.4, -0.2) is 36.2 Å². The van der Waals surface area contributed by atoms with Gasteiger partial charge in [0.25, 0.3) is 0 Å². The van der Waals surface area contributed by atoms with Crippen molar-refractivity contribution in [1.82, 2.24) is 10.2 Å². The molecule has 2 saturated heterocycles. The molecule has 2 aliphatic heterocycles. The van der Waals surface area contributed by atoms with Gasteiger partial charge in [-0.05, 0) is 6.42 Å². The molecule has 0 saturated carbocycles. The lowest BCUT2D eigenvalue weighted by atomic mass is 9.78. The molecule has 1 atom stereocenters. The van der Waals surface area contributed by atoms with E-state index in [1.54, 1.807) is 0 Å². The van der Waals surface area contributed by atoms with Gasteiger partial charge < -0.3 is 5.32 Å². The van der Waals surface area contributed by atoms with Crippen molar-refractivity contribution in [2.24, 2.45) is 5.41 Å². The first-order chi connectivity index (χ1) is 6.55. The molecule has 5 nitrogen and oxygen atoms in total. The number of carbonyl (C=O) groups is 3. The van der Waals surface area contributed by atoms with E-state index in [-0.39, 0.29) is 24.1 Å². The molecular weight excluding hydrogens is 184 g/mol. The molecule has 0 aromatic heterocycles. The van der Waals surface area contributed by atoms with Crippen LogP contribution in [-0.2, 0) is 14.4 Å². The third kappa shape index (κ3) is 1.12. The van der Waals surface area contributed by atoms with Crippen LogP contribution in [0.4, 0.5) is 0 Å². The second kappa shape index (κ2) is 2.80. The highest BCUT2D eigenvalue weighted by Crippen LogP contribution is 2.36. The molecule has 1 spiro atoms. The van der Waals surface area contributed by atoms with E-state index >= 15 is 0 Å². The van der Waals surface area contributed by atoms with Crippen LogP contribution in [0, 0.1) is 5.41 Å². The van der Waals surface area contributed by atoms with E-state index in [0.29, 0.717) is 19.4 Å². The van der Waals surface area contributed by atoms with Crippen LogP contribution in [0.15, 0.2) is 0 Å². The van der Waals surface area contributed by atoms with Gasteiger partial charge in [-0.15, -0.1) is 0 Å². The molecule has 14 heavy (non-hydrogen) atoms. The van der Waals surface area contributed by atoms with Crippen molar-refractivity contribution in [2.45, 2.75) is 19.3 Å². The minimum Gasteiger partial charge on any atom is -0.355 e. The third-order valence-corrected chi connectivity index (χ3v) is 3.07. The van der Waals surface area contributed by atoms with Crippen LogP contribution >= 0.6 is 0 Å². The minimum absolute atomic E-state index is 0.0962. The van der Waals surface area contributed by atoms with Crippen LogP contribution in [0.2, 0.25) is 0 Å². The largest absolute Gasteiger partial charge is 0.355 e. The topological polar surface area (TPSA) is 66.5 Å². The summed E-state index contributed by atoms with van der Waals surface area (Å²) in [4.78, 5) is 35.3. The molecule has 0 bridgehead atoms. The Bertz CT molecular complexity index is 326. The van der Waals surface area contributed by atoms with Crippen molar-refractivity contribution in [1.29, 1.82) is 0 Å². The van der Waals surface area contributed by atoms with Gasteiger partial charge in [0.05, 0.1) is 5.41 Å². The smallest absolute Gasteiger partial charge is 0.237 e. The molecule has 2 aliphatic rings. The summed E-state index contributed by atoms with van der Waals surface area (Å²) in [6.07, 6.45) is 1.08. The maximum atomic E-state index is 11.8. The Morgan fingerprint density at radius 1 is 1.36 bits per heavy atom. The van der Waals surface area contributed by atoms with E-state index in [4.69, 9.17) is 0 Å². The predicted molar refractivity (Wildman–Crippen MR) is 47.1 cm³/mol. The van der Waals surface area contributed by atoms with Crippen LogP contribution < -0.4 is 5.32 Å². The lowest BCUT2D eigenvalue weighted by molar-refractivity contribution is -0.155. The average molecular weight is 196 g/mol. The predicted octanol–water partition coefficient (Wildman–Crippen LogP) is -0.729. The van der Waals surface area contributed by atoms with E-state index in [1.165, 1.54) is 7.05 Å². The van der Waals surface area contributed by atoms with E-state index in [1.807, 2.05) is 0 Å². The van der Waals surface area contributed by atoms with Gasteiger partial charge >= 0.3 is 0 Å². The van der Waals surface area contributed by atoms with E-state index in [2.05, 4.69) is 5.32 Å². The molecular formula is C9H12N2O3. The van der Waals surface area contributed by atoms with Crippen LogP contribution in [0.25, 0.3) is 0 Å². The Kier molecular flexibility index (Phi) is 1.83. The summed E-state index contributed by atoms with van der Waals surface area (Å²) < 4.78 is 0. The summed E-state index contributed by atoms with van der Waals surface area (Å²) in [5.41, 5.74) is -0.639. The van der Waals surface area contributed by atoms with E-state index in [9.17, 15) is 14.4 Å². The van der Waals surface area contributed by atoms with E-state index in [0.717, 1.165) is 4.90 Å². The van der Waals surface area contributed by atoms with Crippen molar-refractivity contribution in [2.75, 3.05) is 13.6 Å². The molecule has 2 fully saturated rings. The number of hydrogen-bond acceptors (Lipinski definition) is 3. The molecule has 76 valence electrons. The van der Waals surface area contributed by atoms with Crippen molar-refractivity contribution >= 4 is 17.7 Å². The molecule has 1 N–H and O–H groups in total. The zero-order chi connectivity index (χ0) is 10.3. The molecule has 0 aliphatic carbocycles. The molecule has 2 rings (SSSR count). The first kappa shape index (κ1) is 9.18. The van der Waals surface area contributed by atoms with Gasteiger partial charge in [-0.3, -0.25) is 19.3 Å². The lowest BCUT2D eigenvalue weighted by Gasteiger charge is -2.34. The van der Waals surface area contributed by atoms with Gasteiger partial charge in [0.2, 0.25) is 17.7 Å². The van der Waals surface area contributed by atoms with Gasteiger partial charge in [0.15, 0.2) is 0 Å². The average Bonchev–Trinajstić information content (AvgIpc) is 2.53. The molecule has 2 heterocycles. The van der Waals surface area contributed by atoms with Crippen molar-refractivity contribution in [3.8, 4) is 0 Å². The highest BCUT2D eigenvalue weighted by Gasteiger charge is 2.50. The Balaban J connectivity index is 2.25. The molecule has 0 aromatic carbocycles. The summed E-state index contributed by atoms with van der Waals surface area (Å²) in [5, 5.41) is 2.65. The van der Waals surface area contributed by atoms with Crippen LogP contribution in [0.3, 0.4) is 0 Å². The van der Waals surface area contributed by atoms with Crippen molar-refractivity contribution < 1.29 is 14.4 Å². The van der Waals surface area contributed by atoms with Gasteiger partial charge in [-0.1, -0.05) is 0 Å². The monoisotopic (exact) mass is 196 g/mol. The summed E-state index contributed by atoms with van der Waals surface area (Å²) >= 11 is 0. The second-order valence-corrected chi connectivity index (χ2v) is 3.99. The van der Waals surface area contributed by atoms with Crippen molar-refractivity contribution in [3.05, 3.63) is 0 Å². The zero-order valence-electron chi connectivity index (χ0n) is 8.00. The highest BCUT2D eigenvalue weighted by atomic mass is 16.2. The Hall–Kier alpha value is -1.39. The zero-order valence-corrected chi connectivity index (χ0v) is 8.00. The fourth-order valence-electron chi connectivity index (χ4n) is 2.12. The highest BCUT2D eigenvalue weighted by molar-refractivity contribution is 6.03. The van der Waals surface area contributed by atoms with Crippen LogP contribution in [0.5, 0.6) is 0 Å². The van der Waals surface area contributed by atoms with Gasteiger partial charge in [0, 0.05) is 26.4 Å².